The van der Waals surface area contributed by atoms with Gasteiger partial charge in [0.2, 0.25) is 0 Å². The smallest absolute Gasteiger partial charge is 0.337 e. The molecule has 0 aromatic heterocycles. The van der Waals surface area contributed by atoms with Crippen LogP contribution in [0.5, 0.6) is 0 Å². The normalized spacial score (nSPS) is 8.54. The van der Waals surface area contributed by atoms with Gasteiger partial charge in [-0.05, 0) is 0 Å². The zero-order chi connectivity index (χ0) is 8.10. The Morgan fingerprint density at radius 1 is 1.08 bits per heavy atom. The van der Waals surface area contributed by atoms with Crippen LogP contribution in [0.1, 0.15) is 0 Å². The minimum Gasteiger partial charge on any atom is -0.412 e. The summed E-state index contributed by atoms with van der Waals surface area (Å²) in [4.78, 5) is 0. The van der Waals surface area contributed by atoms with E-state index in [0.29, 0.717) is 5.46 Å². The van der Waals surface area contributed by atoms with Gasteiger partial charge in [0.25, 0.3) is 0 Å². The third-order valence-corrected chi connectivity index (χ3v) is 1.11. The van der Waals surface area contributed by atoms with Crippen molar-refractivity contribution in [1.29, 1.82) is 0 Å². The van der Waals surface area contributed by atoms with Crippen molar-refractivity contribution in [2.24, 2.45) is 0 Å². The maximum absolute atomic E-state index is 11.5. The second kappa shape index (κ2) is 7.66. The van der Waals surface area contributed by atoms with Crippen molar-refractivity contribution in [3.8, 4) is 0 Å². The highest BCUT2D eigenvalue weighted by atomic mass is 19.3. The lowest BCUT2D eigenvalue weighted by molar-refractivity contribution is -0.0470. The molecule has 0 bridgehead atoms. The van der Waals surface area contributed by atoms with Crippen molar-refractivity contribution in [2.45, 2.75) is 6.61 Å². The fraction of sp³-hybridized carbons (Fsp3) is 0.143. The van der Waals surface area contributed by atoms with Crippen LogP contribution < -0.4 is 5.46 Å². The van der Waals surface area contributed by atoms with E-state index >= 15 is 0 Å². The average Bonchev–Trinajstić information content (AvgIpc) is 2.03. The third kappa shape index (κ3) is 6.21. The summed E-state index contributed by atoms with van der Waals surface area (Å²) < 4.78 is 26.9. The summed E-state index contributed by atoms with van der Waals surface area (Å²) in [5.41, 5.74) is 0.632. The molecule has 0 aliphatic heterocycles. The van der Waals surface area contributed by atoms with Crippen LogP contribution in [0.25, 0.3) is 0 Å². The van der Waals surface area contributed by atoms with E-state index in [9.17, 15) is 8.78 Å². The summed E-state index contributed by atoms with van der Waals surface area (Å²) in [6.07, 6.45) is 0. The minimum atomic E-state index is -2.74. The van der Waals surface area contributed by atoms with Gasteiger partial charge >= 0.3 is 14.1 Å². The van der Waals surface area contributed by atoms with Gasteiger partial charge in [-0.15, -0.1) is 0 Å². The van der Waals surface area contributed by atoms with Gasteiger partial charge < -0.3 is 15.6 Å². The van der Waals surface area contributed by atoms with E-state index in [1.807, 2.05) is 0 Å². The van der Waals surface area contributed by atoms with E-state index in [0.717, 1.165) is 7.48 Å². The topological polar surface area (TPSA) is 72.2 Å². The Labute approximate surface area is 75.2 Å². The first-order chi connectivity index (χ1) is 5.29. The predicted molar refractivity (Wildman–Crippen MR) is 46.1 cm³/mol. The molecule has 1 radical (unpaired) electrons. The third-order valence-electron chi connectivity index (χ3n) is 1.11. The molecule has 0 fully saturated rings. The Kier molecular flexibility index (Phi) is 8.57. The highest BCUT2D eigenvalue weighted by molar-refractivity contribution is 6.46. The highest BCUT2D eigenvalue weighted by Gasteiger charge is 2.03. The second-order valence-electron chi connectivity index (χ2n) is 1.93. The van der Waals surface area contributed by atoms with Crippen molar-refractivity contribution >= 4 is 12.9 Å². The van der Waals surface area contributed by atoms with Crippen molar-refractivity contribution in [3.63, 3.8) is 0 Å². The zero-order valence-corrected chi connectivity index (χ0v) is 6.71. The molecule has 73 valence electrons. The van der Waals surface area contributed by atoms with Gasteiger partial charge in [0, 0.05) is 0 Å². The number of alkyl halides is 2. The Hall–Kier alpha value is -0.975. The van der Waals surface area contributed by atoms with Gasteiger partial charge in [0.05, 0.1) is 0 Å². The summed E-state index contributed by atoms with van der Waals surface area (Å²) in [6, 6.07) is 8.67. The van der Waals surface area contributed by atoms with E-state index in [-0.39, 0.29) is 11.0 Å². The molecule has 4 N–H and O–H groups in total. The molecule has 0 saturated carbocycles. The average molecular weight is 191 g/mol. The first kappa shape index (κ1) is 14.5. The van der Waals surface area contributed by atoms with Crippen LogP contribution in [0, 0.1) is 0 Å². The molecule has 0 unspecified atom stereocenters. The molecule has 6 heteroatoms. The Morgan fingerprint density at radius 2 is 1.62 bits per heavy atom. The molecule has 0 aliphatic rings. The molecule has 3 nitrogen and oxygen atoms in total. The molecule has 0 amide bonds. The van der Waals surface area contributed by atoms with Crippen LogP contribution in [0.15, 0.2) is 30.3 Å². The molecule has 1 aromatic carbocycles. The lowest BCUT2D eigenvalue weighted by Gasteiger charge is -1.98. The van der Waals surface area contributed by atoms with Gasteiger partial charge in [-0.1, -0.05) is 35.8 Å². The van der Waals surface area contributed by atoms with E-state index < -0.39 is 6.61 Å². The van der Waals surface area contributed by atoms with Gasteiger partial charge in [-0.25, -0.2) is 0 Å². The second-order valence-corrected chi connectivity index (χ2v) is 1.93. The lowest BCUT2D eigenvalue weighted by Crippen LogP contribution is -2.19. The standard InChI is InChI=1S/C7H6BF2O.2H2O/c9-7(10)11-8-6-4-2-1-3-5-6;;/h1-5,7H;2*1H2. The molecular formula is C7H10BF2O3. The minimum absolute atomic E-state index is 0. The molecule has 1 rings (SSSR count). The van der Waals surface area contributed by atoms with E-state index in [1.54, 1.807) is 30.3 Å². The summed E-state index contributed by atoms with van der Waals surface area (Å²) in [5.74, 6) is 0. The van der Waals surface area contributed by atoms with Gasteiger partial charge in [0.1, 0.15) is 0 Å². The van der Waals surface area contributed by atoms with Crippen LogP contribution >= 0.6 is 0 Å². The number of rotatable bonds is 3. The first-order valence-electron chi connectivity index (χ1n) is 3.11. The van der Waals surface area contributed by atoms with Crippen LogP contribution in [-0.4, -0.2) is 25.0 Å². The lowest BCUT2D eigenvalue weighted by atomic mass is 9.88. The van der Waals surface area contributed by atoms with Crippen LogP contribution in [0.2, 0.25) is 0 Å². The molecule has 0 spiro atoms. The molecule has 0 saturated heterocycles. The Balaban J connectivity index is 0. The maximum Gasteiger partial charge on any atom is 0.337 e. The van der Waals surface area contributed by atoms with E-state index in [2.05, 4.69) is 4.65 Å². The van der Waals surface area contributed by atoms with Gasteiger partial charge in [-0.2, -0.15) is 8.78 Å². The van der Waals surface area contributed by atoms with Crippen LogP contribution in [0.3, 0.4) is 0 Å². The monoisotopic (exact) mass is 191 g/mol. The number of benzene rings is 1. The number of hydrogen-bond acceptors (Lipinski definition) is 1. The van der Waals surface area contributed by atoms with Crippen LogP contribution in [0.4, 0.5) is 8.78 Å². The fourth-order valence-corrected chi connectivity index (χ4v) is 0.662. The summed E-state index contributed by atoms with van der Waals surface area (Å²) in [5, 5.41) is 0. The quantitative estimate of drug-likeness (QED) is 0.594. The fourth-order valence-electron chi connectivity index (χ4n) is 0.662. The molecule has 0 aliphatic carbocycles. The molecule has 0 heterocycles. The van der Waals surface area contributed by atoms with E-state index in [4.69, 9.17) is 0 Å². The highest BCUT2D eigenvalue weighted by Crippen LogP contribution is 1.92. The molecular weight excluding hydrogens is 181 g/mol. The van der Waals surface area contributed by atoms with Gasteiger partial charge in [0.15, 0.2) is 0 Å². The summed E-state index contributed by atoms with van der Waals surface area (Å²) in [6.45, 7) is -2.74. The van der Waals surface area contributed by atoms with Crippen LogP contribution in [-0.2, 0) is 4.65 Å². The largest absolute Gasteiger partial charge is 0.412 e. The Morgan fingerprint density at radius 3 is 2.08 bits per heavy atom. The summed E-state index contributed by atoms with van der Waals surface area (Å²) in [7, 11) is 1.03. The van der Waals surface area contributed by atoms with Crippen molar-refractivity contribution < 1.29 is 24.4 Å². The van der Waals surface area contributed by atoms with E-state index in [1.165, 1.54) is 0 Å². The van der Waals surface area contributed by atoms with Crippen molar-refractivity contribution in [1.82, 2.24) is 0 Å². The number of halogens is 2. The molecule has 1 aromatic rings. The predicted octanol–water partition coefficient (Wildman–Crippen LogP) is -0.479. The first-order valence-corrected chi connectivity index (χ1v) is 3.11. The maximum atomic E-state index is 11.5. The Bertz CT molecular complexity index is 208. The molecule has 0 atom stereocenters. The summed E-state index contributed by atoms with van der Waals surface area (Å²) >= 11 is 0. The SMILES string of the molecule is FC(F)O[B]c1ccccc1.O.O. The molecule has 13 heavy (non-hydrogen) atoms. The van der Waals surface area contributed by atoms with Crippen molar-refractivity contribution in [2.75, 3.05) is 0 Å². The number of hydrogen-bond donors (Lipinski definition) is 0. The van der Waals surface area contributed by atoms with Gasteiger partial charge in [-0.3, -0.25) is 0 Å². The van der Waals surface area contributed by atoms with Crippen molar-refractivity contribution in [3.05, 3.63) is 30.3 Å². The zero-order valence-electron chi connectivity index (χ0n) is 6.71.